The maximum Gasteiger partial charge on any atom is 0.339 e. The molecule has 0 saturated carbocycles. The van der Waals surface area contributed by atoms with Gasteiger partial charge in [-0.25, -0.2) is 0 Å². The van der Waals surface area contributed by atoms with Crippen molar-refractivity contribution in [3.05, 3.63) is 82.5 Å². The largest absolute Gasteiger partial charge is 0.496 e. The van der Waals surface area contributed by atoms with Crippen LogP contribution in [0.2, 0.25) is 0 Å². The lowest BCUT2D eigenvalue weighted by Gasteiger charge is -2.12. The summed E-state index contributed by atoms with van der Waals surface area (Å²) in [4.78, 5) is 12.9. The summed E-state index contributed by atoms with van der Waals surface area (Å²) in [6.07, 6.45) is 0. The van der Waals surface area contributed by atoms with E-state index in [0.29, 0.717) is 17.1 Å². The molecule has 8 heteroatoms. The zero-order chi connectivity index (χ0) is 22.9. The van der Waals surface area contributed by atoms with Gasteiger partial charge in [0, 0.05) is 18.2 Å². The van der Waals surface area contributed by atoms with Crippen LogP contribution in [0.25, 0.3) is 22.3 Å². The average Bonchev–Trinajstić information content (AvgIpc) is 2.78. The predicted octanol–water partition coefficient (Wildman–Crippen LogP) is 4.55. The molecular formula is C24H20O7S. The number of para-hydroxylation sites is 1. The van der Waals surface area contributed by atoms with Crippen molar-refractivity contribution in [2.75, 3.05) is 14.2 Å². The molecule has 4 aromatic rings. The highest BCUT2D eigenvalue weighted by Crippen LogP contribution is 2.35. The minimum atomic E-state index is -4.09. The highest BCUT2D eigenvalue weighted by molar-refractivity contribution is 7.87. The third-order valence-corrected chi connectivity index (χ3v) is 6.13. The molecular weight excluding hydrogens is 432 g/mol. The molecule has 1 heterocycles. The number of hydrogen-bond donors (Lipinski definition) is 0. The first kappa shape index (κ1) is 21.5. The summed E-state index contributed by atoms with van der Waals surface area (Å²) < 4.78 is 47.5. The maximum absolute atomic E-state index is 12.9. The smallest absolute Gasteiger partial charge is 0.339 e. The van der Waals surface area contributed by atoms with Gasteiger partial charge in [-0.3, -0.25) is 4.79 Å². The Kier molecular flexibility index (Phi) is 5.63. The van der Waals surface area contributed by atoms with Crippen molar-refractivity contribution in [1.29, 1.82) is 0 Å². The number of benzene rings is 3. The highest BCUT2D eigenvalue weighted by atomic mass is 32.2. The summed E-state index contributed by atoms with van der Waals surface area (Å²) in [7, 11) is -1.16. The lowest BCUT2D eigenvalue weighted by molar-refractivity contribution is 0.396. The Morgan fingerprint density at radius 2 is 1.56 bits per heavy atom. The van der Waals surface area contributed by atoms with Crippen molar-refractivity contribution >= 4 is 21.1 Å². The Morgan fingerprint density at radius 1 is 0.844 bits per heavy atom. The number of ether oxygens (including phenoxy) is 2. The number of rotatable bonds is 6. The summed E-state index contributed by atoms with van der Waals surface area (Å²) >= 11 is 0. The van der Waals surface area contributed by atoms with Gasteiger partial charge >= 0.3 is 10.1 Å². The monoisotopic (exact) mass is 452 g/mol. The Hall–Kier alpha value is -3.78. The molecule has 0 fully saturated rings. The van der Waals surface area contributed by atoms with Gasteiger partial charge in [-0.1, -0.05) is 29.8 Å². The van der Waals surface area contributed by atoms with E-state index in [0.717, 1.165) is 5.56 Å². The van der Waals surface area contributed by atoms with Crippen molar-refractivity contribution in [2.45, 2.75) is 11.8 Å². The Morgan fingerprint density at radius 3 is 2.25 bits per heavy atom. The van der Waals surface area contributed by atoms with Crippen molar-refractivity contribution in [1.82, 2.24) is 0 Å². The number of hydrogen-bond acceptors (Lipinski definition) is 7. The summed E-state index contributed by atoms with van der Waals surface area (Å²) in [5.74, 6) is 0.935. The molecule has 0 saturated heterocycles. The van der Waals surface area contributed by atoms with E-state index in [1.165, 1.54) is 38.5 Å². The molecule has 0 amide bonds. The topological polar surface area (TPSA) is 92.0 Å². The van der Waals surface area contributed by atoms with Crippen molar-refractivity contribution < 1.29 is 26.5 Å². The third-order valence-electron chi connectivity index (χ3n) is 4.89. The van der Waals surface area contributed by atoms with Crippen LogP contribution >= 0.6 is 0 Å². The lowest BCUT2D eigenvalue weighted by atomic mass is 10.1. The van der Waals surface area contributed by atoms with E-state index >= 15 is 0 Å². The number of aryl methyl sites for hydroxylation is 1. The lowest BCUT2D eigenvalue weighted by Crippen LogP contribution is -2.10. The molecule has 1 aromatic heterocycles. The first-order chi connectivity index (χ1) is 15.3. The molecule has 3 aromatic carbocycles. The van der Waals surface area contributed by atoms with Crippen LogP contribution in [0.4, 0.5) is 0 Å². The molecule has 0 radical (unpaired) electrons. The molecule has 0 spiro atoms. The van der Waals surface area contributed by atoms with Crippen LogP contribution in [0.1, 0.15) is 5.56 Å². The first-order valence-electron chi connectivity index (χ1n) is 9.63. The molecule has 32 heavy (non-hydrogen) atoms. The minimum absolute atomic E-state index is 0.0207. The second-order valence-electron chi connectivity index (χ2n) is 7.02. The summed E-state index contributed by atoms with van der Waals surface area (Å²) in [6, 6.07) is 17.2. The van der Waals surface area contributed by atoms with Gasteiger partial charge < -0.3 is 18.1 Å². The molecule has 0 aliphatic carbocycles. The van der Waals surface area contributed by atoms with Crippen LogP contribution < -0.4 is 19.1 Å². The zero-order valence-corrected chi connectivity index (χ0v) is 18.4. The van der Waals surface area contributed by atoms with Gasteiger partial charge in [-0.2, -0.15) is 8.42 Å². The van der Waals surface area contributed by atoms with Gasteiger partial charge in [-0.05, 0) is 31.2 Å². The van der Waals surface area contributed by atoms with Gasteiger partial charge in [-0.15, -0.1) is 0 Å². The summed E-state index contributed by atoms with van der Waals surface area (Å²) in [6.45, 7) is 1.86. The number of methoxy groups -OCH3 is 2. The molecule has 0 bridgehead atoms. The third kappa shape index (κ3) is 4.04. The molecule has 0 aliphatic rings. The first-order valence-corrected chi connectivity index (χ1v) is 11.0. The molecule has 0 N–H and O–H groups in total. The van der Waals surface area contributed by atoms with E-state index in [1.54, 1.807) is 42.5 Å². The zero-order valence-electron chi connectivity index (χ0n) is 17.6. The standard InChI is InChI=1S/C24H20O7S/c1-15-8-10-17(11-9-15)32(26,27)31-20-7-5-4-6-18(20)21-14-19(25)24-22(29-3)12-16(28-2)13-23(24)30-21/h4-14H,1-3H3. The molecule has 7 nitrogen and oxygen atoms in total. The Bertz CT molecular complexity index is 1450. The van der Waals surface area contributed by atoms with Crippen LogP contribution in [0.15, 0.2) is 80.8 Å². The quantitative estimate of drug-likeness (QED) is 0.396. The van der Waals surface area contributed by atoms with E-state index in [2.05, 4.69) is 0 Å². The normalized spacial score (nSPS) is 11.3. The van der Waals surface area contributed by atoms with E-state index < -0.39 is 10.1 Å². The Balaban J connectivity index is 1.83. The maximum atomic E-state index is 12.9. The minimum Gasteiger partial charge on any atom is -0.496 e. The van der Waals surface area contributed by atoms with Crippen molar-refractivity contribution in [2.24, 2.45) is 0 Å². The van der Waals surface area contributed by atoms with Crippen LogP contribution in [0.3, 0.4) is 0 Å². The van der Waals surface area contributed by atoms with E-state index in [1.807, 2.05) is 6.92 Å². The fraction of sp³-hybridized carbons (Fsp3) is 0.125. The molecule has 164 valence electrons. The van der Waals surface area contributed by atoms with E-state index in [9.17, 15) is 13.2 Å². The SMILES string of the molecule is COc1cc(OC)c2c(=O)cc(-c3ccccc3OS(=O)(=O)c3ccc(C)cc3)oc2c1. The summed E-state index contributed by atoms with van der Waals surface area (Å²) in [5, 5.41) is 0.253. The van der Waals surface area contributed by atoms with Gasteiger partial charge in [0.1, 0.15) is 33.1 Å². The number of fused-ring (bicyclic) bond motifs is 1. The fourth-order valence-electron chi connectivity index (χ4n) is 3.25. The average molecular weight is 452 g/mol. The van der Waals surface area contributed by atoms with E-state index in [4.69, 9.17) is 18.1 Å². The molecule has 0 aliphatic heterocycles. The molecule has 0 atom stereocenters. The summed E-state index contributed by atoms with van der Waals surface area (Å²) in [5.41, 5.74) is 1.12. The highest BCUT2D eigenvalue weighted by Gasteiger charge is 2.21. The molecule has 4 rings (SSSR count). The van der Waals surface area contributed by atoms with Crippen LogP contribution in [-0.4, -0.2) is 22.6 Å². The van der Waals surface area contributed by atoms with Crippen LogP contribution in [-0.2, 0) is 10.1 Å². The van der Waals surface area contributed by atoms with Crippen molar-refractivity contribution in [3.8, 4) is 28.6 Å². The molecule has 0 unspecified atom stereocenters. The van der Waals surface area contributed by atoms with Crippen molar-refractivity contribution in [3.63, 3.8) is 0 Å². The van der Waals surface area contributed by atoms with Crippen LogP contribution in [0.5, 0.6) is 17.2 Å². The van der Waals surface area contributed by atoms with Gasteiger partial charge in [0.25, 0.3) is 0 Å². The predicted molar refractivity (Wildman–Crippen MR) is 120 cm³/mol. The van der Waals surface area contributed by atoms with Gasteiger partial charge in [0.2, 0.25) is 0 Å². The van der Waals surface area contributed by atoms with Gasteiger partial charge in [0.05, 0.1) is 19.8 Å². The fourth-order valence-corrected chi connectivity index (χ4v) is 4.20. The van der Waals surface area contributed by atoms with Crippen LogP contribution in [0, 0.1) is 6.92 Å². The second kappa shape index (κ2) is 8.39. The van der Waals surface area contributed by atoms with E-state index in [-0.39, 0.29) is 32.8 Å². The van der Waals surface area contributed by atoms with Gasteiger partial charge in [0.15, 0.2) is 11.2 Å². The Labute approximate surface area is 184 Å². The second-order valence-corrected chi connectivity index (χ2v) is 8.57.